The molecular weight excluding hydrogens is 322 g/mol. The van der Waals surface area contributed by atoms with Gasteiger partial charge in [0.25, 0.3) is 0 Å². The van der Waals surface area contributed by atoms with Crippen LogP contribution >= 0.6 is 11.3 Å². The standard InChI is InChI=1S/C18H23N3O2S/c1-3-4-6-14-17-13(2)15(11-22)24-18(17)19-12-21(14)10-9-20-8-5-7-16(20)23/h6,11-12H,3-5,7-10H2,1-2H3/b14-6-. The lowest BCUT2D eigenvalue weighted by molar-refractivity contribution is -0.127. The number of nitrogens with zero attached hydrogens (tertiary/aromatic N) is 3. The summed E-state index contributed by atoms with van der Waals surface area (Å²) in [5.41, 5.74) is 3.20. The average Bonchev–Trinajstić information content (AvgIpc) is 3.14. The van der Waals surface area contributed by atoms with Crippen LogP contribution in [0.2, 0.25) is 0 Å². The van der Waals surface area contributed by atoms with E-state index in [9.17, 15) is 9.59 Å². The Balaban J connectivity index is 1.84. The number of hydrogen-bond acceptors (Lipinski definition) is 5. The van der Waals surface area contributed by atoms with Crippen LogP contribution < -0.4 is 0 Å². The predicted molar refractivity (Wildman–Crippen MR) is 98.0 cm³/mol. The van der Waals surface area contributed by atoms with Gasteiger partial charge in [-0.2, -0.15) is 0 Å². The number of unbranched alkanes of at least 4 members (excludes halogenated alkanes) is 1. The molecule has 0 bridgehead atoms. The summed E-state index contributed by atoms with van der Waals surface area (Å²) >= 11 is 1.45. The van der Waals surface area contributed by atoms with Gasteiger partial charge < -0.3 is 9.80 Å². The lowest BCUT2D eigenvalue weighted by Crippen LogP contribution is -2.35. The zero-order chi connectivity index (χ0) is 17.1. The SMILES string of the molecule is CCC/C=C1/c2c(sc(C=O)c2C)N=CN1CCN1CCCC1=O. The molecule has 1 fully saturated rings. The van der Waals surface area contributed by atoms with E-state index in [1.807, 2.05) is 18.2 Å². The number of fused-ring (bicyclic) bond motifs is 1. The lowest BCUT2D eigenvalue weighted by Gasteiger charge is -2.28. The summed E-state index contributed by atoms with van der Waals surface area (Å²) in [6, 6.07) is 0. The zero-order valence-electron chi connectivity index (χ0n) is 14.2. The number of hydrogen-bond donors (Lipinski definition) is 0. The highest BCUT2D eigenvalue weighted by atomic mass is 32.1. The first-order valence-corrected chi connectivity index (χ1v) is 9.35. The third kappa shape index (κ3) is 3.15. The van der Waals surface area contributed by atoms with E-state index in [1.54, 1.807) is 0 Å². The van der Waals surface area contributed by atoms with Gasteiger partial charge in [-0.1, -0.05) is 19.4 Å². The number of aldehydes is 1. The van der Waals surface area contributed by atoms with Crippen molar-refractivity contribution >= 4 is 40.6 Å². The van der Waals surface area contributed by atoms with Crippen LogP contribution in [-0.4, -0.2) is 48.0 Å². The number of thiophene rings is 1. The first kappa shape index (κ1) is 16.9. The molecule has 0 aromatic carbocycles. The van der Waals surface area contributed by atoms with Crippen molar-refractivity contribution in [1.29, 1.82) is 0 Å². The van der Waals surface area contributed by atoms with Crippen LogP contribution in [0.1, 0.15) is 53.4 Å². The molecule has 2 aliphatic heterocycles. The average molecular weight is 345 g/mol. The van der Waals surface area contributed by atoms with Gasteiger partial charge in [0.05, 0.1) is 11.2 Å². The summed E-state index contributed by atoms with van der Waals surface area (Å²) in [6.07, 6.45) is 8.66. The monoisotopic (exact) mass is 345 g/mol. The summed E-state index contributed by atoms with van der Waals surface area (Å²) in [5.74, 6) is 0.249. The quantitative estimate of drug-likeness (QED) is 0.740. The Labute approximate surface area is 146 Å². The summed E-state index contributed by atoms with van der Waals surface area (Å²) in [6.45, 7) is 6.44. The Kier molecular flexibility index (Phi) is 5.14. The summed E-state index contributed by atoms with van der Waals surface area (Å²) < 4.78 is 0. The third-order valence-electron chi connectivity index (χ3n) is 4.56. The van der Waals surface area contributed by atoms with Crippen molar-refractivity contribution in [3.05, 3.63) is 22.1 Å². The normalized spacial score (nSPS) is 18.6. The first-order chi connectivity index (χ1) is 11.7. The fraction of sp³-hybridized carbons (Fsp3) is 0.500. The molecule has 24 heavy (non-hydrogen) atoms. The number of likely N-dealkylation sites (tertiary alicyclic amines) is 1. The van der Waals surface area contributed by atoms with E-state index in [2.05, 4.69) is 22.9 Å². The fourth-order valence-corrected chi connectivity index (χ4v) is 4.17. The molecule has 3 heterocycles. The predicted octanol–water partition coefficient (Wildman–Crippen LogP) is 3.61. The molecule has 1 aromatic rings. The number of carbonyl (C=O) groups excluding carboxylic acids is 2. The highest BCUT2D eigenvalue weighted by Gasteiger charge is 2.26. The molecule has 0 spiro atoms. The Hall–Kier alpha value is -1.95. The van der Waals surface area contributed by atoms with E-state index < -0.39 is 0 Å². The molecule has 1 amide bonds. The van der Waals surface area contributed by atoms with Crippen molar-refractivity contribution in [2.75, 3.05) is 19.6 Å². The zero-order valence-corrected chi connectivity index (χ0v) is 15.1. The second-order valence-electron chi connectivity index (χ2n) is 6.19. The molecule has 2 aliphatic rings. The molecule has 5 nitrogen and oxygen atoms in total. The van der Waals surface area contributed by atoms with Gasteiger partial charge in [0.15, 0.2) is 6.29 Å². The van der Waals surface area contributed by atoms with Gasteiger partial charge in [-0.3, -0.25) is 9.59 Å². The lowest BCUT2D eigenvalue weighted by atomic mass is 10.0. The van der Waals surface area contributed by atoms with Crippen LogP contribution in [0.5, 0.6) is 0 Å². The molecule has 1 saturated heterocycles. The number of amides is 1. The maximum Gasteiger partial charge on any atom is 0.222 e. The van der Waals surface area contributed by atoms with Gasteiger partial charge in [-0.25, -0.2) is 4.99 Å². The van der Waals surface area contributed by atoms with Gasteiger partial charge >= 0.3 is 0 Å². The van der Waals surface area contributed by atoms with Crippen LogP contribution in [0.4, 0.5) is 5.00 Å². The molecule has 0 radical (unpaired) electrons. The molecule has 0 N–H and O–H groups in total. The topological polar surface area (TPSA) is 53.0 Å². The van der Waals surface area contributed by atoms with Gasteiger partial charge in [0, 0.05) is 37.3 Å². The second kappa shape index (κ2) is 7.30. The number of rotatable bonds is 6. The van der Waals surface area contributed by atoms with Crippen LogP contribution in [0, 0.1) is 6.92 Å². The maximum absolute atomic E-state index is 11.8. The molecule has 1 aromatic heterocycles. The summed E-state index contributed by atoms with van der Waals surface area (Å²) in [7, 11) is 0. The van der Waals surface area contributed by atoms with Crippen LogP contribution in [0.25, 0.3) is 5.70 Å². The molecule has 128 valence electrons. The van der Waals surface area contributed by atoms with Crippen LogP contribution in [-0.2, 0) is 4.79 Å². The molecule has 0 saturated carbocycles. The number of allylic oxidation sites excluding steroid dienone is 1. The van der Waals surface area contributed by atoms with E-state index in [1.165, 1.54) is 11.3 Å². The smallest absolute Gasteiger partial charge is 0.222 e. The minimum atomic E-state index is 0.249. The van der Waals surface area contributed by atoms with Crippen molar-refractivity contribution in [2.24, 2.45) is 4.99 Å². The summed E-state index contributed by atoms with van der Waals surface area (Å²) in [5, 5.41) is 0.908. The van der Waals surface area contributed by atoms with Gasteiger partial charge in [-0.15, -0.1) is 11.3 Å². The van der Waals surface area contributed by atoms with E-state index in [0.29, 0.717) is 13.0 Å². The molecular formula is C18H23N3O2S. The van der Waals surface area contributed by atoms with Crippen LogP contribution in [0.3, 0.4) is 0 Å². The molecule has 6 heteroatoms. The molecule has 0 atom stereocenters. The second-order valence-corrected chi connectivity index (χ2v) is 7.22. The first-order valence-electron chi connectivity index (χ1n) is 8.53. The molecule has 3 rings (SSSR count). The minimum Gasteiger partial charge on any atom is -0.341 e. The van der Waals surface area contributed by atoms with E-state index in [0.717, 1.165) is 65.3 Å². The van der Waals surface area contributed by atoms with Crippen molar-refractivity contribution in [2.45, 2.75) is 39.5 Å². The Morgan fingerprint density at radius 2 is 2.21 bits per heavy atom. The van der Waals surface area contributed by atoms with E-state index >= 15 is 0 Å². The van der Waals surface area contributed by atoms with Crippen LogP contribution in [0.15, 0.2) is 11.1 Å². The highest BCUT2D eigenvalue weighted by Crippen LogP contribution is 2.42. The Morgan fingerprint density at radius 1 is 1.38 bits per heavy atom. The number of carbonyl (C=O) groups is 2. The Morgan fingerprint density at radius 3 is 2.88 bits per heavy atom. The molecule has 0 unspecified atom stereocenters. The maximum atomic E-state index is 11.8. The van der Waals surface area contributed by atoms with Crippen molar-refractivity contribution in [3.63, 3.8) is 0 Å². The molecule has 0 aliphatic carbocycles. The van der Waals surface area contributed by atoms with Crippen molar-refractivity contribution in [1.82, 2.24) is 9.80 Å². The third-order valence-corrected chi connectivity index (χ3v) is 5.69. The highest BCUT2D eigenvalue weighted by molar-refractivity contribution is 7.18. The van der Waals surface area contributed by atoms with Gasteiger partial charge in [0.1, 0.15) is 5.00 Å². The van der Waals surface area contributed by atoms with Gasteiger partial charge in [-0.05, 0) is 25.3 Å². The van der Waals surface area contributed by atoms with Gasteiger partial charge in [0.2, 0.25) is 5.91 Å². The largest absolute Gasteiger partial charge is 0.341 e. The van der Waals surface area contributed by atoms with E-state index in [4.69, 9.17) is 0 Å². The Bertz CT molecular complexity index is 705. The van der Waals surface area contributed by atoms with Crippen molar-refractivity contribution < 1.29 is 9.59 Å². The summed E-state index contributed by atoms with van der Waals surface area (Å²) in [4.78, 5) is 32.4. The van der Waals surface area contributed by atoms with E-state index in [-0.39, 0.29) is 5.91 Å². The fourth-order valence-electron chi connectivity index (χ4n) is 3.20. The minimum absolute atomic E-state index is 0.249. The van der Waals surface area contributed by atoms with Crippen molar-refractivity contribution in [3.8, 4) is 0 Å². The number of aliphatic imine (C=N–C) groups is 1.